The molecule has 0 amide bonds. The molecule has 0 saturated heterocycles. The summed E-state index contributed by atoms with van der Waals surface area (Å²) in [5.74, 6) is -0.0967. The van der Waals surface area contributed by atoms with Crippen LogP contribution < -0.4 is 5.32 Å². The van der Waals surface area contributed by atoms with Crippen LogP contribution in [0.5, 0.6) is 0 Å². The van der Waals surface area contributed by atoms with E-state index >= 15 is 0 Å². The summed E-state index contributed by atoms with van der Waals surface area (Å²) in [7, 11) is 1.39. The molecule has 0 aliphatic rings. The minimum atomic E-state index is -0.226. The van der Waals surface area contributed by atoms with E-state index in [9.17, 15) is 4.79 Å². The number of ether oxygens (including phenoxy) is 1. The van der Waals surface area contributed by atoms with E-state index in [-0.39, 0.29) is 30.6 Å². The van der Waals surface area contributed by atoms with Gasteiger partial charge in [0.05, 0.1) is 19.6 Å². The second-order valence-electron chi connectivity index (χ2n) is 4.30. The van der Waals surface area contributed by atoms with Crippen molar-refractivity contribution in [3.63, 3.8) is 0 Å². The smallest absolute Gasteiger partial charge is 0.309 e. The Kier molecular flexibility index (Phi) is 6.52. The Morgan fingerprint density at radius 3 is 2.20 bits per heavy atom. The quantitative estimate of drug-likeness (QED) is 0.646. The highest BCUT2D eigenvalue weighted by atomic mass is 16.5. The van der Waals surface area contributed by atoms with Crippen molar-refractivity contribution < 1.29 is 14.6 Å². The molecule has 0 aliphatic carbocycles. The van der Waals surface area contributed by atoms with Gasteiger partial charge in [0.1, 0.15) is 0 Å². The summed E-state index contributed by atoms with van der Waals surface area (Å²) in [5, 5.41) is 12.4. The van der Waals surface area contributed by atoms with E-state index in [1.807, 2.05) is 27.7 Å². The Labute approximate surface area is 92.0 Å². The molecular formula is C11H23NO3. The van der Waals surface area contributed by atoms with Crippen LogP contribution in [0.3, 0.4) is 0 Å². The fourth-order valence-corrected chi connectivity index (χ4v) is 1.33. The molecule has 0 aromatic heterocycles. The molecular weight excluding hydrogens is 194 g/mol. The third kappa shape index (κ3) is 4.62. The molecule has 0 aliphatic heterocycles. The maximum absolute atomic E-state index is 11.3. The fourth-order valence-electron chi connectivity index (χ4n) is 1.33. The number of carbonyl (C=O) groups is 1. The normalized spacial score (nSPS) is 17.3. The van der Waals surface area contributed by atoms with Gasteiger partial charge in [0.15, 0.2) is 0 Å². The van der Waals surface area contributed by atoms with Gasteiger partial charge < -0.3 is 15.2 Å². The van der Waals surface area contributed by atoms with Crippen LogP contribution in [-0.4, -0.2) is 36.9 Å². The van der Waals surface area contributed by atoms with Crippen molar-refractivity contribution in [2.75, 3.05) is 13.7 Å². The highest BCUT2D eigenvalue weighted by molar-refractivity contribution is 5.72. The Balaban J connectivity index is 4.21. The van der Waals surface area contributed by atoms with Crippen LogP contribution in [0.4, 0.5) is 0 Å². The molecule has 4 nitrogen and oxygen atoms in total. The number of hydrogen-bond donors (Lipinski definition) is 2. The van der Waals surface area contributed by atoms with Crippen molar-refractivity contribution in [1.82, 2.24) is 5.32 Å². The lowest BCUT2D eigenvalue weighted by Gasteiger charge is -2.27. The van der Waals surface area contributed by atoms with Gasteiger partial charge in [-0.1, -0.05) is 20.8 Å². The first kappa shape index (κ1) is 14.4. The van der Waals surface area contributed by atoms with Crippen LogP contribution in [0.1, 0.15) is 27.7 Å². The molecule has 0 radical (unpaired) electrons. The zero-order chi connectivity index (χ0) is 12.0. The van der Waals surface area contributed by atoms with Crippen LogP contribution in [0.25, 0.3) is 0 Å². The fraction of sp³-hybridized carbons (Fsp3) is 0.909. The van der Waals surface area contributed by atoms with Crippen molar-refractivity contribution in [3.8, 4) is 0 Å². The number of hydrogen-bond acceptors (Lipinski definition) is 4. The standard InChI is InChI=1S/C11H23NO3/c1-7(2)10(6-13)12-9(4)8(3)11(14)15-5/h7-10,12-13H,6H2,1-5H3. The third-order valence-electron chi connectivity index (χ3n) is 2.80. The largest absolute Gasteiger partial charge is 0.469 e. The lowest BCUT2D eigenvalue weighted by atomic mass is 9.99. The first-order chi connectivity index (χ1) is 6.93. The molecule has 0 heterocycles. The molecule has 0 fully saturated rings. The molecule has 90 valence electrons. The SMILES string of the molecule is COC(=O)C(C)C(C)NC(CO)C(C)C. The van der Waals surface area contributed by atoms with Crippen LogP contribution in [0.2, 0.25) is 0 Å². The Bertz CT molecular complexity index is 194. The third-order valence-corrected chi connectivity index (χ3v) is 2.80. The topological polar surface area (TPSA) is 58.6 Å². The summed E-state index contributed by atoms with van der Waals surface area (Å²) in [6.45, 7) is 7.88. The summed E-state index contributed by atoms with van der Waals surface area (Å²) in [4.78, 5) is 11.3. The molecule has 0 spiro atoms. The van der Waals surface area contributed by atoms with Gasteiger partial charge in [-0.25, -0.2) is 0 Å². The van der Waals surface area contributed by atoms with Crippen LogP contribution in [-0.2, 0) is 9.53 Å². The van der Waals surface area contributed by atoms with Crippen molar-refractivity contribution in [3.05, 3.63) is 0 Å². The summed E-state index contributed by atoms with van der Waals surface area (Å²) >= 11 is 0. The first-order valence-electron chi connectivity index (χ1n) is 5.38. The molecule has 0 aromatic carbocycles. The number of rotatable bonds is 6. The van der Waals surface area contributed by atoms with Crippen molar-refractivity contribution in [1.29, 1.82) is 0 Å². The number of aliphatic hydroxyl groups excluding tert-OH is 1. The number of methoxy groups -OCH3 is 1. The second kappa shape index (κ2) is 6.80. The van der Waals surface area contributed by atoms with Gasteiger partial charge in [0.2, 0.25) is 0 Å². The average Bonchev–Trinajstić information content (AvgIpc) is 2.22. The number of nitrogens with one attached hydrogen (secondary N) is 1. The predicted molar refractivity (Wildman–Crippen MR) is 59.5 cm³/mol. The van der Waals surface area contributed by atoms with E-state index < -0.39 is 0 Å². The molecule has 0 aromatic rings. The van der Waals surface area contributed by atoms with Gasteiger partial charge in [-0.05, 0) is 12.8 Å². The lowest BCUT2D eigenvalue weighted by Crippen LogP contribution is -2.46. The molecule has 0 bridgehead atoms. The van der Waals surface area contributed by atoms with Gasteiger partial charge in [0, 0.05) is 12.1 Å². The van der Waals surface area contributed by atoms with Crippen molar-refractivity contribution in [2.24, 2.45) is 11.8 Å². The van der Waals surface area contributed by atoms with Crippen molar-refractivity contribution >= 4 is 5.97 Å². The number of esters is 1. The molecule has 3 unspecified atom stereocenters. The molecule has 3 atom stereocenters. The Morgan fingerprint density at radius 1 is 1.33 bits per heavy atom. The van der Waals surface area contributed by atoms with Crippen molar-refractivity contribution in [2.45, 2.75) is 39.8 Å². The van der Waals surface area contributed by atoms with E-state index in [1.54, 1.807) is 0 Å². The molecule has 4 heteroatoms. The molecule has 2 N–H and O–H groups in total. The van der Waals surface area contributed by atoms with Crippen LogP contribution >= 0.6 is 0 Å². The maximum Gasteiger partial charge on any atom is 0.309 e. The first-order valence-corrected chi connectivity index (χ1v) is 5.38. The van der Waals surface area contributed by atoms with Gasteiger partial charge in [0.25, 0.3) is 0 Å². The highest BCUT2D eigenvalue weighted by Gasteiger charge is 2.24. The van der Waals surface area contributed by atoms with Crippen LogP contribution in [0, 0.1) is 11.8 Å². The van der Waals surface area contributed by atoms with Gasteiger partial charge in [-0.3, -0.25) is 4.79 Å². The maximum atomic E-state index is 11.3. The van der Waals surface area contributed by atoms with Gasteiger partial charge in [-0.2, -0.15) is 0 Å². The summed E-state index contributed by atoms with van der Waals surface area (Å²) in [6.07, 6.45) is 0. The molecule has 15 heavy (non-hydrogen) atoms. The van der Waals surface area contributed by atoms with E-state index in [2.05, 4.69) is 10.1 Å². The molecule has 0 saturated carbocycles. The van der Waals surface area contributed by atoms with Gasteiger partial charge >= 0.3 is 5.97 Å². The van der Waals surface area contributed by atoms with E-state index in [1.165, 1.54) is 7.11 Å². The minimum absolute atomic E-state index is 0.00278. The summed E-state index contributed by atoms with van der Waals surface area (Å²) in [5.41, 5.74) is 0. The lowest BCUT2D eigenvalue weighted by molar-refractivity contribution is -0.145. The summed E-state index contributed by atoms with van der Waals surface area (Å²) < 4.78 is 4.67. The average molecular weight is 217 g/mol. The van der Waals surface area contributed by atoms with E-state index in [0.29, 0.717) is 5.92 Å². The van der Waals surface area contributed by atoms with Gasteiger partial charge in [-0.15, -0.1) is 0 Å². The van der Waals surface area contributed by atoms with E-state index in [4.69, 9.17) is 5.11 Å². The monoisotopic (exact) mass is 217 g/mol. The zero-order valence-corrected chi connectivity index (χ0v) is 10.3. The van der Waals surface area contributed by atoms with E-state index in [0.717, 1.165) is 0 Å². The Hall–Kier alpha value is -0.610. The number of carbonyl (C=O) groups excluding carboxylic acids is 1. The minimum Gasteiger partial charge on any atom is -0.469 e. The predicted octanol–water partition coefficient (Wildman–Crippen LogP) is 0.790. The Morgan fingerprint density at radius 2 is 1.87 bits per heavy atom. The second-order valence-corrected chi connectivity index (χ2v) is 4.30. The summed E-state index contributed by atoms with van der Waals surface area (Å²) in [6, 6.07) is 0.0177. The number of aliphatic hydroxyl groups is 1. The highest BCUT2D eigenvalue weighted by Crippen LogP contribution is 2.08. The molecule has 0 rings (SSSR count). The van der Waals surface area contributed by atoms with Crippen LogP contribution in [0.15, 0.2) is 0 Å². The zero-order valence-electron chi connectivity index (χ0n) is 10.3.